The van der Waals surface area contributed by atoms with E-state index in [1.165, 1.54) is 12.1 Å². The minimum atomic E-state index is -1.88. The zero-order valence-electron chi connectivity index (χ0n) is 11.4. The Labute approximate surface area is 134 Å². The van der Waals surface area contributed by atoms with E-state index in [9.17, 15) is 19.3 Å². The molecular weight excluding hydrogens is 329 g/mol. The molecule has 0 fully saturated rings. The van der Waals surface area contributed by atoms with E-state index >= 15 is 0 Å². The lowest BCUT2D eigenvalue weighted by molar-refractivity contribution is -0.384. The molecule has 0 radical (unpaired) electrons. The van der Waals surface area contributed by atoms with Gasteiger partial charge in [0, 0.05) is 28.2 Å². The van der Waals surface area contributed by atoms with Crippen molar-refractivity contribution in [2.75, 3.05) is 5.32 Å². The standard InChI is InChI=1S/C13H9BClFN2O5/c15-10-3-1-7(5-9(10)14(20)21)13(19)17-12-6-8(18(22)23)2-4-11(12)16/h1-6,20-21H,(H,17,19). The van der Waals surface area contributed by atoms with Gasteiger partial charge in [0.1, 0.15) is 5.82 Å². The number of carbonyl (C=O) groups excluding carboxylic acids is 1. The number of rotatable bonds is 4. The molecule has 0 bridgehead atoms. The molecule has 2 aromatic carbocycles. The maximum Gasteiger partial charge on any atom is 0.489 e. The summed E-state index contributed by atoms with van der Waals surface area (Å²) in [7, 11) is -1.88. The van der Waals surface area contributed by atoms with Gasteiger partial charge in [-0.25, -0.2) is 4.39 Å². The number of carbonyl (C=O) groups is 1. The second-order valence-electron chi connectivity index (χ2n) is 4.49. The van der Waals surface area contributed by atoms with Gasteiger partial charge in [0.2, 0.25) is 0 Å². The Balaban J connectivity index is 2.31. The molecule has 0 spiro atoms. The molecule has 118 valence electrons. The zero-order chi connectivity index (χ0) is 17.1. The summed E-state index contributed by atoms with van der Waals surface area (Å²) in [6.45, 7) is 0. The van der Waals surface area contributed by atoms with Crippen LogP contribution in [-0.4, -0.2) is 28.0 Å². The molecule has 10 heteroatoms. The van der Waals surface area contributed by atoms with Crippen molar-refractivity contribution in [3.05, 3.63) is 62.9 Å². The van der Waals surface area contributed by atoms with E-state index in [0.29, 0.717) is 0 Å². The third kappa shape index (κ3) is 3.83. The molecule has 0 saturated carbocycles. The summed E-state index contributed by atoms with van der Waals surface area (Å²) in [4.78, 5) is 22.0. The van der Waals surface area contributed by atoms with Crippen LogP contribution in [0.2, 0.25) is 5.02 Å². The van der Waals surface area contributed by atoms with Crippen LogP contribution in [0.25, 0.3) is 0 Å². The van der Waals surface area contributed by atoms with E-state index in [0.717, 1.165) is 24.3 Å². The lowest BCUT2D eigenvalue weighted by Crippen LogP contribution is -2.32. The average molecular weight is 338 g/mol. The molecule has 0 aromatic heterocycles. The molecule has 0 aliphatic carbocycles. The predicted molar refractivity (Wildman–Crippen MR) is 82.3 cm³/mol. The van der Waals surface area contributed by atoms with Gasteiger partial charge in [-0.3, -0.25) is 14.9 Å². The number of amides is 1. The summed E-state index contributed by atoms with van der Waals surface area (Å²) in [6.07, 6.45) is 0. The van der Waals surface area contributed by atoms with E-state index < -0.39 is 23.8 Å². The average Bonchev–Trinajstić information content (AvgIpc) is 2.49. The number of nitrogens with one attached hydrogen (secondary N) is 1. The van der Waals surface area contributed by atoms with Crippen LogP contribution in [0.5, 0.6) is 0 Å². The van der Waals surface area contributed by atoms with Gasteiger partial charge in [-0.2, -0.15) is 0 Å². The monoisotopic (exact) mass is 338 g/mol. The molecule has 0 aliphatic rings. The first kappa shape index (κ1) is 16.9. The number of benzene rings is 2. The Hall–Kier alpha value is -2.49. The number of halogens is 2. The summed E-state index contributed by atoms with van der Waals surface area (Å²) < 4.78 is 13.6. The van der Waals surface area contributed by atoms with Gasteiger partial charge in [-0.1, -0.05) is 11.6 Å². The van der Waals surface area contributed by atoms with Crippen molar-refractivity contribution in [3.63, 3.8) is 0 Å². The topological polar surface area (TPSA) is 113 Å². The maximum atomic E-state index is 13.6. The van der Waals surface area contributed by atoms with Crippen molar-refractivity contribution in [2.45, 2.75) is 0 Å². The molecule has 23 heavy (non-hydrogen) atoms. The highest BCUT2D eigenvalue weighted by molar-refractivity contribution is 6.62. The Morgan fingerprint density at radius 3 is 2.57 bits per heavy atom. The molecule has 7 nitrogen and oxygen atoms in total. The first-order valence-corrected chi connectivity index (χ1v) is 6.58. The second kappa shape index (κ2) is 6.74. The molecule has 0 saturated heterocycles. The number of nitro groups is 1. The minimum absolute atomic E-state index is 0.0246. The number of anilines is 1. The van der Waals surface area contributed by atoms with E-state index in [4.69, 9.17) is 21.6 Å². The maximum absolute atomic E-state index is 13.6. The van der Waals surface area contributed by atoms with Crippen molar-refractivity contribution in [2.24, 2.45) is 0 Å². The van der Waals surface area contributed by atoms with Gasteiger partial charge in [0.05, 0.1) is 10.6 Å². The van der Waals surface area contributed by atoms with Gasteiger partial charge in [-0.15, -0.1) is 0 Å². The quantitative estimate of drug-likeness (QED) is 0.442. The van der Waals surface area contributed by atoms with Crippen LogP contribution in [0.15, 0.2) is 36.4 Å². The van der Waals surface area contributed by atoms with E-state index in [1.54, 1.807) is 0 Å². The Morgan fingerprint density at radius 1 is 1.26 bits per heavy atom. The van der Waals surface area contributed by atoms with Crippen molar-refractivity contribution < 1.29 is 24.2 Å². The van der Waals surface area contributed by atoms with Crippen LogP contribution in [-0.2, 0) is 0 Å². The molecule has 0 heterocycles. The summed E-state index contributed by atoms with van der Waals surface area (Å²) in [6, 6.07) is 6.39. The largest absolute Gasteiger partial charge is 0.489 e. The van der Waals surface area contributed by atoms with E-state index in [-0.39, 0.29) is 27.4 Å². The van der Waals surface area contributed by atoms with Gasteiger partial charge in [0.15, 0.2) is 0 Å². The molecular formula is C13H9BClFN2O5. The smallest absolute Gasteiger partial charge is 0.423 e. The van der Waals surface area contributed by atoms with Crippen molar-refractivity contribution in [1.29, 1.82) is 0 Å². The van der Waals surface area contributed by atoms with Crippen LogP contribution in [0.3, 0.4) is 0 Å². The van der Waals surface area contributed by atoms with Crippen LogP contribution >= 0.6 is 11.6 Å². The fraction of sp³-hybridized carbons (Fsp3) is 0. The highest BCUT2D eigenvalue weighted by Gasteiger charge is 2.19. The summed E-state index contributed by atoms with van der Waals surface area (Å²) in [5.74, 6) is -1.64. The number of nitrogens with zero attached hydrogens (tertiary/aromatic N) is 1. The number of nitro benzene ring substituents is 1. The Kier molecular flexibility index (Phi) is 4.94. The molecule has 3 N–H and O–H groups in total. The predicted octanol–water partition coefficient (Wildman–Crippen LogP) is 1.32. The number of non-ortho nitro benzene ring substituents is 1. The Morgan fingerprint density at radius 2 is 1.96 bits per heavy atom. The molecule has 1 amide bonds. The van der Waals surface area contributed by atoms with Crippen LogP contribution < -0.4 is 10.8 Å². The van der Waals surface area contributed by atoms with E-state index in [1.807, 2.05) is 0 Å². The van der Waals surface area contributed by atoms with Gasteiger partial charge < -0.3 is 15.4 Å². The normalized spacial score (nSPS) is 10.3. The van der Waals surface area contributed by atoms with Gasteiger partial charge >= 0.3 is 7.12 Å². The number of hydrogen-bond donors (Lipinski definition) is 3. The molecule has 2 rings (SSSR count). The second-order valence-corrected chi connectivity index (χ2v) is 4.89. The first-order valence-electron chi connectivity index (χ1n) is 6.20. The van der Waals surface area contributed by atoms with Gasteiger partial charge in [-0.05, 0) is 24.3 Å². The highest BCUT2D eigenvalue weighted by Crippen LogP contribution is 2.22. The fourth-order valence-electron chi connectivity index (χ4n) is 1.80. The fourth-order valence-corrected chi connectivity index (χ4v) is 2.02. The van der Waals surface area contributed by atoms with Crippen LogP contribution in [0.1, 0.15) is 10.4 Å². The zero-order valence-corrected chi connectivity index (χ0v) is 12.1. The lowest BCUT2D eigenvalue weighted by atomic mass is 9.79. The van der Waals surface area contributed by atoms with Crippen molar-refractivity contribution >= 4 is 41.5 Å². The van der Waals surface area contributed by atoms with E-state index in [2.05, 4.69) is 5.32 Å². The lowest BCUT2D eigenvalue weighted by Gasteiger charge is -2.09. The first-order chi connectivity index (χ1) is 10.8. The molecule has 2 aromatic rings. The molecule has 0 aliphatic heterocycles. The third-order valence-electron chi connectivity index (χ3n) is 2.95. The highest BCUT2D eigenvalue weighted by atomic mass is 35.5. The van der Waals surface area contributed by atoms with Crippen molar-refractivity contribution in [3.8, 4) is 0 Å². The summed E-state index contributed by atoms with van der Waals surface area (Å²) in [5.41, 5.74) is -0.878. The SMILES string of the molecule is O=C(Nc1cc([N+](=O)[O-])ccc1F)c1ccc(Cl)c(B(O)O)c1. The van der Waals surface area contributed by atoms with Crippen LogP contribution in [0.4, 0.5) is 15.8 Å². The van der Waals surface area contributed by atoms with Crippen LogP contribution in [0, 0.1) is 15.9 Å². The molecule has 0 atom stereocenters. The van der Waals surface area contributed by atoms with Crippen molar-refractivity contribution in [1.82, 2.24) is 0 Å². The third-order valence-corrected chi connectivity index (χ3v) is 3.29. The minimum Gasteiger partial charge on any atom is -0.423 e. The number of hydrogen-bond acceptors (Lipinski definition) is 5. The summed E-state index contributed by atoms with van der Waals surface area (Å²) >= 11 is 5.75. The molecule has 0 unspecified atom stereocenters. The summed E-state index contributed by atoms with van der Waals surface area (Å²) in [5, 5.41) is 31.2. The Bertz CT molecular complexity index is 787. The van der Waals surface area contributed by atoms with Gasteiger partial charge in [0.25, 0.3) is 11.6 Å².